The van der Waals surface area contributed by atoms with Crippen molar-refractivity contribution in [3.63, 3.8) is 0 Å². The van der Waals surface area contributed by atoms with Gasteiger partial charge >= 0.3 is 5.97 Å². The Kier molecular flexibility index (Phi) is 5.00. The van der Waals surface area contributed by atoms with Gasteiger partial charge in [-0.15, -0.1) is 0 Å². The Morgan fingerprint density at radius 2 is 1.90 bits per heavy atom. The largest absolute Gasteiger partial charge is 0.478 e. The van der Waals surface area contributed by atoms with E-state index in [1.54, 1.807) is 4.31 Å². The molecule has 116 valence electrons. The number of carboxylic acid groups (broad SMARTS) is 1. The third-order valence-electron chi connectivity index (χ3n) is 4.00. The van der Waals surface area contributed by atoms with Gasteiger partial charge in [-0.25, -0.2) is 13.2 Å². The molecule has 0 bridgehead atoms. The zero-order valence-electron chi connectivity index (χ0n) is 12.2. The summed E-state index contributed by atoms with van der Waals surface area (Å²) >= 11 is 0. The van der Waals surface area contributed by atoms with E-state index in [1.165, 1.54) is 24.3 Å². The second-order valence-electron chi connectivity index (χ2n) is 5.36. The highest BCUT2D eigenvalue weighted by Crippen LogP contribution is 2.26. The fourth-order valence-electron chi connectivity index (χ4n) is 2.78. The van der Waals surface area contributed by atoms with Crippen LogP contribution in [0.1, 0.15) is 49.4 Å². The number of benzene rings is 1. The lowest BCUT2D eigenvalue weighted by atomic mass is 10.1. The van der Waals surface area contributed by atoms with E-state index in [9.17, 15) is 13.2 Å². The minimum Gasteiger partial charge on any atom is -0.478 e. The van der Waals surface area contributed by atoms with Crippen LogP contribution in [0.2, 0.25) is 0 Å². The first-order valence-corrected chi connectivity index (χ1v) is 8.76. The summed E-state index contributed by atoms with van der Waals surface area (Å²) < 4.78 is 27.1. The van der Waals surface area contributed by atoms with Crippen molar-refractivity contribution in [1.29, 1.82) is 0 Å². The number of sulfonamides is 1. The Bertz CT molecular complexity index is 595. The van der Waals surface area contributed by atoms with Gasteiger partial charge in [0.05, 0.1) is 10.5 Å². The number of aromatic carboxylic acids is 1. The Labute approximate surface area is 125 Å². The molecule has 0 spiro atoms. The molecule has 0 aliphatic carbocycles. The molecule has 1 saturated heterocycles. The van der Waals surface area contributed by atoms with Crippen molar-refractivity contribution in [3.05, 3.63) is 29.8 Å². The summed E-state index contributed by atoms with van der Waals surface area (Å²) in [4.78, 5) is 11.0. The fraction of sp³-hybridized carbons (Fsp3) is 0.533. The van der Waals surface area contributed by atoms with Crippen LogP contribution in [0.15, 0.2) is 29.2 Å². The van der Waals surface area contributed by atoms with Gasteiger partial charge < -0.3 is 5.11 Å². The average molecular weight is 311 g/mol. The van der Waals surface area contributed by atoms with Crippen LogP contribution >= 0.6 is 0 Å². The van der Waals surface area contributed by atoms with E-state index in [0.717, 1.165) is 32.1 Å². The highest BCUT2D eigenvalue weighted by molar-refractivity contribution is 7.89. The summed E-state index contributed by atoms with van der Waals surface area (Å²) in [6.07, 6.45) is 4.68. The number of carboxylic acids is 1. The van der Waals surface area contributed by atoms with Crippen molar-refractivity contribution in [3.8, 4) is 0 Å². The monoisotopic (exact) mass is 311 g/mol. The first-order valence-electron chi connectivity index (χ1n) is 7.32. The summed E-state index contributed by atoms with van der Waals surface area (Å²) in [5.41, 5.74) is 0.0943. The minimum absolute atomic E-state index is 0.0386. The van der Waals surface area contributed by atoms with Crippen LogP contribution in [-0.2, 0) is 10.0 Å². The normalized spacial score (nSPS) is 20.9. The Hall–Kier alpha value is -1.40. The third kappa shape index (κ3) is 3.44. The molecule has 1 heterocycles. The molecule has 0 radical (unpaired) electrons. The lowest BCUT2D eigenvalue weighted by Gasteiger charge is -2.28. The molecule has 5 nitrogen and oxygen atoms in total. The standard InChI is InChI=1S/C15H21NO4S/c1-2-13-6-4-3-5-11-16(13)21(19,20)14-9-7-12(8-10-14)15(17)18/h7-10,13H,2-6,11H2,1H3,(H,17,18). The predicted molar refractivity (Wildman–Crippen MR) is 79.8 cm³/mol. The van der Waals surface area contributed by atoms with E-state index in [4.69, 9.17) is 5.11 Å². The maximum Gasteiger partial charge on any atom is 0.335 e. The van der Waals surface area contributed by atoms with Crippen LogP contribution in [-0.4, -0.2) is 36.4 Å². The van der Waals surface area contributed by atoms with Gasteiger partial charge in [-0.1, -0.05) is 19.8 Å². The lowest BCUT2D eigenvalue weighted by molar-refractivity contribution is 0.0696. The maximum absolute atomic E-state index is 12.8. The van der Waals surface area contributed by atoms with Crippen molar-refractivity contribution in [1.82, 2.24) is 4.31 Å². The smallest absolute Gasteiger partial charge is 0.335 e. The molecule has 6 heteroatoms. The molecule has 1 aromatic rings. The van der Waals surface area contributed by atoms with E-state index in [2.05, 4.69) is 0 Å². The van der Waals surface area contributed by atoms with Crippen LogP contribution < -0.4 is 0 Å². The van der Waals surface area contributed by atoms with E-state index in [1.807, 2.05) is 6.92 Å². The van der Waals surface area contributed by atoms with Gasteiger partial charge in [0.25, 0.3) is 0 Å². The first-order chi connectivity index (χ1) is 9.96. The van der Waals surface area contributed by atoms with Gasteiger partial charge in [-0.3, -0.25) is 0 Å². The van der Waals surface area contributed by atoms with Crippen molar-refractivity contribution >= 4 is 16.0 Å². The van der Waals surface area contributed by atoms with Crippen molar-refractivity contribution < 1.29 is 18.3 Å². The van der Waals surface area contributed by atoms with Gasteiger partial charge in [0.15, 0.2) is 0 Å². The van der Waals surface area contributed by atoms with Gasteiger partial charge in [-0.2, -0.15) is 4.31 Å². The topological polar surface area (TPSA) is 74.7 Å². The quantitative estimate of drug-likeness (QED) is 0.927. The first kappa shape index (κ1) is 16.0. The summed E-state index contributed by atoms with van der Waals surface area (Å²) in [5.74, 6) is -1.06. The molecule has 1 aromatic carbocycles. The maximum atomic E-state index is 12.8. The molecule has 1 N–H and O–H groups in total. The Morgan fingerprint density at radius 1 is 1.24 bits per heavy atom. The van der Waals surface area contributed by atoms with Crippen LogP contribution in [0, 0.1) is 0 Å². The van der Waals surface area contributed by atoms with Gasteiger partial charge in [0.1, 0.15) is 0 Å². The summed E-state index contributed by atoms with van der Waals surface area (Å²) in [6.45, 7) is 2.55. The molecule has 2 rings (SSSR count). The molecule has 1 aliphatic heterocycles. The van der Waals surface area contributed by atoms with Crippen molar-refractivity contribution in [2.24, 2.45) is 0 Å². The molecular weight excluding hydrogens is 290 g/mol. The summed E-state index contributed by atoms with van der Waals surface area (Å²) in [6, 6.07) is 5.49. The number of rotatable bonds is 4. The number of nitrogens with zero attached hydrogens (tertiary/aromatic N) is 1. The lowest BCUT2D eigenvalue weighted by Crippen LogP contribution is -2.39. The molecule has 1 atom stereocenters. The van der Waals surface area contributed by atoms with E-state index >= 15 is 0 Å². The summed E-state index contributed by atoms with van der Waals surface area (Å²) in [5, 5.41) is 8.88. The number of carbonyl (C=O) groups is 1. The molecule has 0 aromatic heterocycles. The molecule has 0 amide bonds. The van der Waals surface area contributed by atoms with Gasteiger partial charge in [0, 0.05) is 12.6 Å². The fourth-order valence-corrected chi connectivity index (χ4v) is 4.55. The highest BCUT2D eigenvalue weighted by atomic mass is 32.2. The van der Waals surface area contributed by atoms with Gasteiger partial charge in [-0.05, 0) is 43.5 Å². The Morgan fingerprint density at radius 3 is 2.48 bits per heavy atom. The zero-order chi connectivity index (χ0) is 15.5. The molecule has 1 fully saturated rings. The van der Waals surface area contributed by atoms with E-state index in [-0.39, 0.29) is 16.5 Å². The zero-order valence-corrected chi connectivity index (χ0v) is 13.0. The summed E-state index contributed by atoms with van der Waals surface area (Å²) in [7, 11) is -3.55. The van der Waals surface area contributed by atoms with Crippen LogP contribution in [0.5, 0.6) is 0 Å². The molecule has 1 aliphatic rings. The minimum atomic E-state index is -3.55. The SMILES string of the molecule is CCC1CCCCCN1S(=O)(=O)c1ccc(C(=O)O)cc1. The average Bonchev–Trinajstić information content (AvgIpc) is 2.72. The second kappa shape index (κ2) is 6.58. The molecule has 21 heavy (non-hydrogen) atoms. The number of hydrogen-bond donors (Lipinski definition) is 1. The molecular formula is C15H21NO4S. The van der Waals surface area contributed by atoms with Crippen LogP contribution in [0.3, 0.4) is 0 Å². The number of hydrogen-bond acceptors (Lipinski definition) is 3. The van der Waals surface area contributed by atoms with E-state index in [0.29, 0.717) is 6.54 Å². The van der Waals surface area contributed by atoms with E-state index < -0.39 is 16.0 Å². The predicted octanol–water partition coefficient (Wildman–Crippen LogP) is 2.73. The molecule has 1 unspecified atom stereocenters. The van der Waals surface area contributed by atoms with Crippen LogP contribution in [0.4, 0.5) is 0 Å². The van der Waals surface area contributed by atoms with Crippen molar-refractivity contribution in [2.45, 2.75) is 50.0 Å². The third-order valence-corrected chi connectivity index (χ3v) is 5.97. The highest BCUT2D eigenvalue weighted by Gasteiger charge is 2.31. The van der Waals surface area contributed by atoms with Crippen molar-refractivity contribution in [2.75, 3.05) is 6.54 Å². The Balaban J connectivity index is 2.32. The second-order valence-corrected chi connectivity index (χ2v) is 7.25. The van der Waals surface area contributed by atoms with Crippen LogP contribution in [0.25, 0.3) is 0 Å². The molecule has 0 saturated carbocycles. The van der Waals surface area contributed by atoms with Gasteiger partial charge in [0.2, 0.25) is 10.0 Å².